The summed E-state index contributed by atoms with van der Waals surface area (Å²) in [5.41, 5.74) is 3.01. The number of amides is 1. The summed E-state index contributed by atoms with van der Waals surface area (Å²) < 4.78 is 0. The molecule has 1 aromatic heterocycles. The molecule has 0 bridgehead atoms. The molecule has 3 heteroatoms. The van der Waals surface area contributed by atoms with Crippen LogP contribution in [0.5, 0.6) is 0 Å². The molecule has 0 fully saturated rings. The number of aryl methyl sites for hydroxylation is 2. The van der Waals surface area contributed by atoms with E-state index in [2.05, 4.69) is 10.3 Å². The molecule has 0 spiro atoms. The Balaban J connectivity index is 2.50. The Morgan fingerprint density at radius 1 is 1.50 bits per heavy atom. The zero-order chi connectivity index (χ0) is 8.55. The SMILES string of the molecule is Cc1ccnc2c1NC(=O)CC2. The van der Waals surface area contributed by atoms with Crippen LogP contribution in [0.3, 0.4) is 0 Å². The zero-order valence-electron chi connectivity index (χ0n) is 6.92. The van der Waals surface area contributed by atoms with Crippen molar-refractivity contribution in [2.75, 3.05) is 5.32 Å². The number of anilines is 1. The van der Waals surface area contributed by atoms with Crippen LogP contribution in [0.2, 0.25) is 0 Å². The fourth-order valence-electron chi connectivity index (χ4n) is 1.41. The van der Waals surface area contributed by atoms with E-state index in [4.69, 9.17) is 0 Å². The number of pyridine rings is 1. The molecule has 1 aliphatic heterocycles. The molecule has 1 aliphatic rings. The molecular weight excluding hydrogens is 152 g/mol. The van der Waals surface area contributed by atoms with Crippen LogP contribution >= 0.6 is 0 Å². The highest BCUT2D eigenvalue weighted by atomic mass is 16.1. The maximum Gasteiger partial charge on any atom is 0.224 e. The largest absolute Gasteiger partial charge is 0.324 e. The minimum Gasteiger partial charge on any atom is -0.324 e. The summed E-state index contributed by atoms with van der Waals surface area (Å²) in [5, 5.41) is 2.83. The average Bonchev–Trinajstić information content (AvgIpc) is 2.07. The predicted octanol–water partition coefficient (Wildman–Crippen LogP) is 1.27. The Labute approximate surface area is 70.8 Å². The van der Waals surface area contributed by atoms with Crippen molar-refractivity contribution in [3.8, 4) is 0 Å². The molecule has 0 saturated carbocycles. The summed E-state index contributed by atoms with van der Waals surface area (Å²) in [5.74, 6) is 0.0959. The molecule has 62 valence electrons. The summed E-state index contributed by atoms with van der Waals surface area (Å²) in [6, 6.07) is 1.91. The average molecular weight is 162 g/mol. The number of rotatable bonds is 0. The van der Waals surface area contributed by atoms with Gasteiger partial charge >= 0.3 is 0 Å². The Kier molecular flexibility index (Phi) is 1.57. The van der Waals surface area contributed by atoms with Crippen molar-refractivity contribution in [3.05, 3.63) is 23.5 Å². The van der Waals surface area contributed by atoms with Gasteiger partial charge in [-0.05, 0) is 18.6 Å². The van der Waals surface area contributed by atoms with Gasteiger partial charge in [-0.25, -0.2) is 0 Å². The minimum absolute atomic E-state index is 0.0959. The van der Waals surface area contributed by atoms with Gasteiger partial charge < -0.3 is 5.32 Å². The summed E-state index contributed by atoms with van der Waals surface area (Å²) >= 11 is 0. The number of aromatic nitrogens is 1. The smallest absolute Gasteiger partial charge is 0.224 e. The van der Waals surface area contributed by atoms with Gasteiger partial charge in [0.1, 0.15) is 0 Å². The first-order valence-corrected chi connectivity index (χ1v) is 4.02. The highest BCUT2D eigenvalue weighted by molar-refractivity contribution is 5.94. The highest BCUT2D eigenvalue weighted by Crippen LogP contribution is 2.23. The van der Waals surface area contributed by atoms with Crippen LogP contribution in [0.15, 0.2) is 12.3 Å². The maximum absolute atomic E-state index is 11.0. The van der Waals surface area contributed by atoms with Crippen LogP contribution in [-0.2, 0) is 11.2 Å². The van der Waals surface area contributed by atoms with Gasteiger partial charge in [0.2, 0.25) is 5.91 Å². The molecule has 0 saturated heterocycles. The molecule has 0 unspecified atom stereocenters. The van der Waals surface area contributed by atoms with Gasteiger partial charge in [-0.15, -0.1) is 0 Å². The second kappa shape index (κ2) is 2.59. The molecule has 2 heterocycles. The molecule has 2 rings (SSSR count). The summed E-state index contributed by atoms with van der Waals surface area (Å²) in [6.45, 7) is 1.98. The van der Waals surface area contributed by atoms with E-state index in [1.54, 1.807) is 6.20 Å². The molecule has 0 atom stereocenters. The van der Waals surface area contributed by atoms with Crippen molar-refractivity contribution < 1.29 is 4.79 Å². The van der Waals surface area contributed by atoms with E-state index in [-0.39, 0.29) is 5.91 Å². The summed E-state index contributed by atoms with van der Waals surface area (Å²) in [6.07, 6.45) is 3.11. The predicted molar refractivity (Wildman–Crippen MR) is 45.9 cm³/mol. The molecule has 0 aromatic carbocycles. The second-order valence-corrected chi connectivity index (χ2v) is 3.00. The van der Waals surface area contributed by atoms with Crippen molar-refractivity contribution in [3.63, 3.8) is 0 Å². The molecule has 1 amide bonds. The first kappa shape index (κ1) is 7.28. The topological polar surface area (TPSA) is 42.0 Å². The van der Waals surface area contributed by atoms with Gasteiger partial charge in [-0.1, -0.05) is 0 Å². The number of fused-ring (bicyclic) bond motifs is 1. The lowest BCUT2D eigenvalue weighted by Gasteiger charge is -2.17. The zero-order valence-corrected chi connectivity index (χ0v) is 6.92. The monoisotopic (exact) mass is 162 g/mol. The fraction of sp³-hybridized carbons (Fsp3) is 0.333. The van der Waals surface area contributed by atoms with Crippen molar-refractivity contribution in [2.24, 2.45) is 0 Å². The van der Waals surface area contributed by atoms with E-state index in [1.807, 2.05) is 13.0 Å². The number of carbonyl (C=O) groups excluding carboxylic acids is 1. The molecule has 1 aromatic rings. The third-order valence-corrected chi connectivity index (χ3v) is 2.09. The van der Waals surface area contributed by atoms with Crippen molar-refractivity contribution in [2.45, 2.75) is 19.8 Å². The van der Waals surface area contributed by atoms with Gasteiger partial charge in [0.05, 0.1) is 11.4 Å². The minimum atomic E-state index is 0.0959. The van der Waals surface area contributed by atoms with E-state index >= 15 is 0 Å². The van der Waals surface area contributed by atoms with E-state index < -0.39 is 0 Å². The maximum atomic E-state index is 11.0. The van der Waals surface area contributed by atoms with Crippen LogP contribution in [-0.4, -0.2) is 10.9 Å². The molecule has 1 N–H and O–H groups in total. The van der Waals surface area contributed by atoms with Crippen LogP contribution in [0, 0.1) is 6.92 Å². The third kappa shape index (κ3) is 1.07. The molecule has 0 radical (unpaired) electrons. The quantitative estimate of drug-likeness (QED) is 0.624. The Bertz CT molecular complexity index is 333. The lowest BCUT2D eigenvalue weighted by molar-refractivity contribution is -0.116. The number of hydrogen-bond donors (Lipinski definition) is 1. The van der Waals surface area contributed by atoms with E-state index in [9.17, 15) is 4.79 Å². The normalized spacial score (nSPS) is 15.2. The van der Waals surface area contributed by atoms with E-state index in [0.717, 1.165) is 23.4 Å². The number of nitrogens with one attached hydrogen (secondary N) is 1. The van der Waals surface area contributed by atoms with Gasteiger partial charge in [-0.3, -0.25) is 9.78 Å². The summed E-state index contributed by atoms with van der Waals surface area (Å²) in [7, 11) is 0. The Morgan fingerprint density at radius 3 is 3.17 bits per heavy atom. The number of carbonyl (C=O) groups is 1. The lowest BCUT2D eigenvalue weighted by atomic mass is 10.1. The van der Waals surface area contributed by atoms with Crippen LogP contribution in [0.1, 0.15) is 17.7 Å². The van der Waals surface area contributed by atoms with Crippen molar-refractivity contribution >= 4 is 11.6 Å². The van der Waals surface area contributed by atoms with Gasteiger partial charge in [0, 0.05) is 19.0 Å². The first-order valence-electron chi connectivity index (χ1n) is 4.02. The van der Waals surface area contributed by atoms with Crippen molar-refractivity contribution in [1.29, 1.82) is 0 Å². The molecule has 12 heavy (non-hydrogen) atoms. The first-order chi connectivity index (χ1) is 5.77. The van der Waals surface area contributed by atoms with Gasteiger partial charge in [-0.2, -0.15) is 0 Å². The molecular formula is C9H10N2O. The van der Waals surface area contributed by atoms with Crippen LogP contribution < -0.4 is 5.32 Å². The van der Waals surface area contributed by atoms with Gasteiger partial charge in [0.15, 0.2) is 0 Å². The number of hydrogen-bond acceptors (Lipinski definition) is 2. The van der Waals surface area contributed by atoms with Gasteiger partial charge in [0.25, 0.3) is 0 Å². The molecule has 0 aliphatic carbocycles. The Morgan fingerprint density at radius 2 is 2.33 bits per heavy atom. The summed E-state index contributed by atoms with van der Waals surface area (Å²) in [4.78, 5) is 15.2. The molecule has 3 nitrogen and oxygen atoms in total. The standard InChI is InChI=1S/C9H10N2O/c1-6-4-5-10-7-2-3-8(12)11-9(6)7/h4-5H,2-3H2,1H3,(H,11,12). The highest BCUT2D eigenvalue weighted by Gasteiger charge is 2.16. The fourth-order valence-corrected chi connectivity index (χ4v) is 1.41. The lowest BCUT2D eigenvalue weighted by Crippen LogP contribution is -2.20. The number of nitrogens with zero attached hydrogens (tertiary/aromatic N) is 1. The van der Waals surface area contributed by atoms with Crippen LogP contribution in [0.25, 0.3) is 0 Å². The second-order valence-electron chi connectivity index (χ2n) is 3.00. The third-order valence-electron chi connectivity index (χ3n) is 2.09. The van der Waals surface area contributed by atoms with Crippen LogP contribution in [0.4, 0.5) is 5.69 Å². The Hall–Kier alpha value is -1.38. The van der Waals surface area contributed by atoms with E-state index in [0.29, 0.717) is 6.42 Å². The van der Waals surface area contributed by atoms with Crippen molar-refractivity contribution in [1.82, 2.24) is 4.98 Å². The van der Waals surface area contributed by atoms with E-state index in [1.165, 1.54) is 0 Å².